The molecule has 0 fully saturated rings. The van der Waals surface area contributed by atoms with Gasteiger partial charge in [0.15, 0.2) is 0 Å². The van der Waals surface area contributed by atoms with Crippen LogP contribution in [0, 0.1) is 0 Å². The standard InChI is InChI=1S/C49H27NO2S/c51-49-38-11-2-4-16-43(38)52-44-17-7-12-33(47(44)49)32-9-5-8-28(24-32)29-19-22-45-39(25-29)40-26-30(20-23-46(40)53-45)31-18-21-35-37-14-6-13-36-34-10-1-3-15-41(34)50(48(36)37)42(35)27-31/h1-27H. The molecule has 0 radical (unpaired) electrons. The number of para-hydroxylation sites is 3. The van der Waals surface area contributed by atoms with Crippen molar-refractivity contribution < 1.29 is 4.42 Å². The quantitative estimate of drug-likeness (QED) is 0.173. The number of hydrogen-bond donors (Lipinski definition) is 0. The van der Waals surface area contributed by atoms with Gasteiger partial charge in [-0.2, -0.15) is 0 Å². The zero-order chi connectivity index (χ0) is 34.8. The van der Waals surface area contributed by atoms with Gasteiger partial charge in [0.1, 0.15) is 11.2 Å². The lowest BCUT2D eigenvalue weighted by atomic mass is 9.95. The topological polar surface area (TPSA) is 34.6 Å². The first kappa shape index (κ1) is 28.9. The SMILES string of the molecule is O=c1c2ccccc2oc2cccc(-c3cccc(-c4ccc5sc6ccc(-c7ccc8c9cccc%10c%11ccccc%11n(c8c7)c%109)cc6c5c4)c3)c12. The molecule has 0 aliphatic rings. The number of nitrogens with zero attached hydrogens (tertiary/aromatic N) is 1. The Morgan fingerprint density at radius 2 is 1.00 bits per heavy atom. The van der Waals surface area contributed by atoms with Gasteiger partial charge in [-0.05, 0) is 94.0 Å². The van der Waals surface area contributed by atoms with Crippen LogP contribution in [0.3, 0.4) is 0 Å². The van der Waals surface area contributed by atoms with Crippen molar-refractivity contribution in [3.8, 4) is 33.4 Å². The van der Waals surface area contributed by atoms with E-state index in [2.05, 4.69) is 126 Å². The average Bonchev–Trinajstić information content (AvgIpc) is 3.87. The number of rotatable bonds is 3. The van der Waals surface area contributed by atoms with E-state index in [9.17, 15) is 4.79 Å². The summed E-state index contributed by atoms with van der Waals surface area (Å²) < 4.78 is 11.2. The Morgan fingerprint density at radius 3 is 1.81 bits per heavy atom. The average molecular weight is 694 g/mol. The maximum Gasteiger partial charge on any atom is 0.201 e. The molecule has 12 rings (SSSR count). The highest BCUT2D eigenvalue weighted by molar-refractivity contribution is 7.25. The number of fused-ring (bicyclic) bond motifs is 11. The fraction of sp³-hybridized carbons (Fsp3) is 0. The van der Waals surface area contributed by atoms with Crippen LogP contribution < -0.4 is 5.43 Å². The molecule has 4 heteroatoms. The van der Waals surface area contributed by atoms with Crippen LogP contribution in [0.25, 0.3) is 114 Å². The number of thiophene rings is 1. The Kier molecular flexibility index (Phi) is 5.80. The number of hydrogen-bond acceptors (Lipinski definition) is 3. The van der Waals surface area contributed by atoms with Crippen LogP contribution in [0.4, 0.5) is 0 Å². The van der Waals surface area contributed by atoms with Crippen molar-refractivity contribution in [3.63, 3.8) is 0 Å². The monoisotopic (exact) mass is 693 g/mol. The van der Waals surface area contributed by atoms with Crippen LogP contribution in [-0.4, -0.2) is 4.40 Å². The minimum atomic E-state index is -0.00674. The molecule has 0 aliphatic carbocycles. The molecule has 12 aromatic rings. The van der Waals surface area contributed by atoms with Crippen LogP contribution in [0.1, 0.15) is 0 Å². The van der Waals surface area contributed by atoms with Crippen molar-refractivity contribution in [2.45, 2.75) is 0 Å². The van der Waals surface area contributed by atoms with Gasteiger partial charge in [-0.25, -0.2) is 0 Å². The first-order valence-electron chi connectivity index (χ1n) is 17.9. The molecule has 0 amide bonds. The molecule has 4 aromatic heterocycles. The Labute approximate surface area is 306 Å². The Hall–Kier alpha value is -6.75. The molecule has 0 aliphatic heterocycles. The van der Waals surface area contributed by atoms with E-state index in [0.29, 0.717) is 21.9 Å². The first-order valence-corrected chi connectivity index (χ1v) is 18.7. The molecular weight excluding hydrogens is 667 g/mol. The molecule has 0 unspecified atom stereocenters. The minimum absolute atomic E-state index is 0.00674. The van der Waals surface area contributed by atoms with Crippen LogP contribution in [0.15, 0.2) is 173 Å². The van der Waals surface area contributed by atoms with E-state index in [4.69, 9.17) is 4.42 Å². The molecule has 0 atom stereocenters. The normalized spacial score (nSPS) is 12.2. The van der Waals surface area contributed by atoms with E-state index >= 15 is 0 Å². The van der Waals surface area contributed by atoms with E-state index in [-0.39, 0.29) is 5.43 Å². The summed E-state index contributed by atoms with van der Waals surface area (Å²) in [7, 11) is 0. The summed E-state index contributed by atoms with van der Waals surface area (Å²) in [6.45, 7) is 0. The van der Waals surface area contributed by atoms with E-state index in [0.717, 1.165) is 22.3 Å². The molecule has 246 valence electrons. The summed E-state index contributed by atoms with van der Waals surface area (Å²) in [5.74, 6) is 0. The number of aromatic nitrogens is 1. The third-order valence-electron chi connectivity index (χ3n) is 11.1. The third kappa shape index (κ3) is 4.07. The van der Waals surface area contributed by atoms with Crippen molar-refractivity contribution >= 4 is 91.5 Å². The van der Waals surface area contributed by atoms with Crippen molar-refractivity contribution in [1.82, 2.24) is 4.40 Å². The van der Waals surface area contributed by atoms with Crippen molar-refractivity contribution in [3.05, 3.63) is 174 Å². The summed E-state index contributed by atoms with van der Waals surface area (Å²) in [5, 5.41) is 8.90. The number of benzene rings is 8. The van der Waals surface area contributed by atoms with Gasteiger partial charge in [-0.1, -0.05) is 103 Å². The first-order chi connectivity index (χ1) is 26.2. The predicted octanol–water partition coefficient (Wildman–Crippen LogP) is 13.5. The second-order valence-corrected chi connectivity index (χ2v) is 15.1. The van der Waals surface area contributed by atoms with Gasteiger partial charge in [-0.15, -0.1) is 11.3 Å². The van der Waals surface area contributed by atoms with Crippen molar-refractivity contribution in [2.75, 3.05) is 0 Å². The summed E-state index contributed by atoms with van der Waals surface area (Å²) in [5.41, 5.74) is 11.5. The minimum Gasteiger partial charge on any atom is -0.456 e. The van der Waals surface area contributed by atoms with E-state index in [1.807, 2.05) is 53.8 Å². The van der Waals surface area contributed by atoms with E-state index in [1.54, 1.807) is 0 Å². The molecule has 0 saturated heterocycles. The summed E-state index contributed by atoms with van der Waals surface area (Å²) in [6.07, 6.45) is 0. The lowest BCUT2D eigenvalue weighted by Gasteiger charge is -2.10. The lowest BCUT2D eigenvalue weighted by molar-refractivity contribution is 0.660. The second-order valence-electron chi connectivity index (χ2n) is 14.0. The zero-order valence-electron chi connectivity index (χ0n) is 28.3. The molecular formula is C49H27NO2S. The maximum atomic E-state index is 13.7. The molecule has 0 saturated carbocycles. The van der Waals surface area contributed by atoms with Crippen LogP contribution in [0.2, 0.25) is 0 Å². The summed E-state index contributed by atoms with van der Waals surface area (Å²) in [4.78, 5) is 13.7. The fourth-order valence-corrected chi connectivity index (χ4v) is 9.77. The lowest BCUT2D eigenvalue weighted by Crippen LogP contribution is -2.03. The highest BCUT2D eigenvalue weighted by Gasteiger charge is 2.18. The molecule has 3 nitrogen and oxygen atoms in total. The second kappa shape index (κ2) is 10.6. The third-order valence-corrected chi connectivity index (χ3v) is 12.3. The largest absolute Gasteiger partial charge is 0.456 e. The molecule has 8 aromatic carbocycles. The molecule has 0 bridgehead atoms. The Balaban J connectivity index is 0.991. The van der Waals surface area contributed by atoms with Gasteiger partial charge < -0.3 is 8.82 Å². The predicted molar refractivity (Wildman–Crippen MR) is 224 cm³/mol. The molecule has 0 N–H and O–H groups in total. The molecule has 0 spiro atoms. The highest BCUT2D eigenvalue weighted by Crippen LogP contribution is 2.42. The molecule has 4 heterocycles. The highest BCUT2D eigenvalue weighted by atomic mass is 32.1. The molecule has 53 heavy (non-hydrogen) atoms. The van der Waals surface area contributed by atoms with Gasteiger partial charge in [0.2, 0.25) is 5.43 Å². The van der Waals surface area contributed by atoms with Gasteiger partial charge in [-0.3, -0.25) is 4.79 Å². The van der Waals surface area contributed by atoms with Crippen LogP contribution in [0.5, 0.6) is 0 Å². The zero-order valence-corrected chi connectivity index (χ0v) is 29.1. The van der Waals surface area contributed by atoms with Crippen LogP contribution in [-0.2, 0) is 0 Å². The maximum absolute atomic E-state index is 13.7. The van der Waals surface area contributed by atoms with Gasteiger partial charge in [0, 0.05) is 41.7 Å². The fourth-order valence-electron chi connectivity index (χ4n) is 8.70. The van der Waals surface area contributed by atoms with Crippen LogP contribution >= 0.6 is 11.3 Å². The van der Waals surface area contributed by atoms with Crippen molar-refractivity contribution in [2.24, 2.45) is 0 Å². The smallest absolute Gasteiger partial charge is 0.201 e. The van der Waals surface area contributed by atoms with E-state index < -0.39 is 0 Å². The Bertz CT molecular complexity index is 3550. The van der Waals surface area contributed by atoms with E-state index in [1.165, 1.54) is 69.4 Å². The van der Waals surface area contributed by atoms with Gasteiger partial charge in [0.05, 0.1) is 27.3 Å². The summed E-state index contributed by atoms with van der Waals surface area (Å²) in [6, 6.07) is 57.8. The summed E-state index contributed by atoms with van der Waals surface area (Å²) >= 11 is 1.83. The Morgan fingerprint density at radius 1 is 0.415 bits per heavy atom. The van der Waals surface area contributed by atoms with Crippen molar-refractivity contribution in [1.29, 1.82) is 0 Å². The van der Waals surface area contributed by atoms with Gasteiger partial charge >= 0.3 is 0 Å². The van der Waals surface area contributed by atoms with Gasteiger partial charge in [0.25, 0.3) is 0 Å².